The summed E-state index contributed by atoms with van der Waals surface area (Å²) >= 11 is 0. The van der Waals surface area contributed by atoms with Crippen molar-refractivity contribution in [2.75, 3.05) is 26.2 Å². The molecule has 0 bridgehead atoms. The fourth-order valence-corrected chi connectivity index (χ4v) is 3.65. The lowest BCUT2D eigenvalue weighted by Crippen LogP contribution is -2.58. The molecular formula is C16H29N3O3. The van der Waals surface area contributed by atoms with E-state index in [2.05, 4.69) is 5.32 Å². The number of aliphatic hydroxyl groups is 1. The Labute approximate surface area is 132 Å². The van der Waals surface area contributed by atoms with Gasteiger partial charge in [0.2, 0.25) is 5.91 Å². The Kier molecular flexibility index (Phi) is 6.20. The molecule has 6 heteroatoms. The fraction of sp³-hybridized carbons (Fsp3) is 0.875. The first-order valence-corrected chi connectivity index (χ1v) is 8.52. The van der Waals surface area contributed by atoms with Crippen LogP contribution in [0.3, 0.4) is 0 Å². The Morgan fingerprint density at radius 2 is 2.05 bits per heavy atom. The van der Waals surface area contributed by atoms with Gasteiger partial charge >= 0.3 is 0 Å². The van der Waals surface area contributed by atoms with E-state index in [-0.39, 0.29) is 19.0 Å². The Morgan fingerprint density at radius 1 is 1.32 bits per heavy atom. The van der Waals surface area contributed by atoms with E-state index in [1.807, 2.05) is 0 Å². The zero-order valence-corrected chi connectivity index (χ0v) is 13.4. The summed E-state index contributed by atoms with van der Waals surface area (Å²) in [4.78, 5) is 25.1. The Morgan fingerprint density at radius 3 is 2.73 bits per heavy atom. The van der Waals surface area contributed by atoms with Gasteiger partial charge in [-0.15, -0.1) is 0 Å². The van der Waals surface area contributed by atoms with Crippen molar-refractivity contribution in [3.8, 4) is 0 Å². The number of nitrogens with one attached hydrogen (secondary N) is 1. The molecule has 1 aliphatic carbocycles. The average Bonchev–Trinajstić information content (AvgIpc) is 2.50. The Balaban J connectivity index is 1.81. The molecule has 126 valence electrons. The van der Waals surface area contributed by atoms with Crippen LogP contribution in [0.25, 0.3) is 0 Å². The molecule has 2 fully saturated rings. The molecule has 1 saturated heterocycles. The van der Waals surface area contributed by atoms with Gasteiger partial charge < -0.3 is 21.1 Å². The lowest BCUT2D eigenvalue weighted by Gasteiger charge is -2.39. The van der Waals surface area contributed by atoms with Crippen LogP contribution in [0.5, 0.6) is 0 Å². The van der Waals surface area contributed by atoms with E-state index in [0.29, 0.717) is 6.42 Å². The van der Waals surface area contributed by atoms with Gasteiger partial charge in [-0.2, -0.15) is 0 Å². The number of piperidine rings is 1. The van der Waals surface area contributed by atoms with Crippen LogP contribution in [0.15, 0.2) is 0 Å². The van der Waals surface area contributed by atoms with Gasteiger partial charge in [0.25, 0.3) is 5.91 Å². The molecule has 0 spiro atoms. The minimum Gasteiger partial charge on any atom is -0.379 e. The van der Waals surface area contributed by atoms with E-state index >= 15 is 0 Å². The van der Waals surface area contributed by atoms with Crippen LogP contribution in [0, 0.1) is 5.92 Å². The van der Waals surface area contributed by atoms with E-state index in [4.69, 9.17) is 5.73 Å². The van der Waals surface area contributed by atoms with Crippen molar-refractivity contribution in [3.63, 3.8) is 0 Å². The van der Waals surface area contributed by atoms with Gasteiger partial charge in [0.1, 0.15) is 0 Å². The highest BCUT2D eigenvalue weighted by Crippen LogP contribution is 2.28. The molecule has 1 saturated carbocycles. The molecule has 1 aliphatic heterocycles. The second-order valence-electron chi connectivity index (χ2n) is 6.79. The molecular weight excluding hydrogens is 282 g/mol. The molecule has 2 rings (SSSR count). The maximum Gasteiger partial charge on any atom is 0.255 e. The summed E-state index contributed by atoms with van der Waals surface area (Å²) in [6, 6.07) is 0. The van der Waals surface area contributed by atoms with E-state index < -0.39 is 11.5 Å². The highest BCUT2D eigenvalue weighted by atomic mass is 16.3. The quantitative estimate of drug-likeness (QED) is 0.633. The number of hydrogen-bond acceptors (Lipinski definition) is 4. The SMILES string of the molecule is NC(=O)CNCC1(O)CCCN(CCC2CCCCC2)C1=O. The Hall–Kier alpha value is -1.14. The largest absolute Gasteiger partial charge is 0.379 e. The molecule has 1 heterocycles. The zero-order valence-electron chi connectivity index (χ0n) is 13.4. The normalized spacial score (nSPS) is 27.1. The van der Waals surface area contributed by atoms with Gasteiger partial charge in [0.15, 0.2) is 5.60 Å². The molecule has 2 aliphatic rings. The summed E-state index contributed by atoms with van der Waals surface area (Å²) < 4.78 is 0. The lowest BCUT2D eigenvalue weighted by molar-refractivity contribution is -0.156. The van der Waals surface area contributed by atoms with Crippen LogP contribution < -0.4 is 11.1 Å². The third-order valence-electron chi connectivity index (χ3n) is 4.95. The molecule has 0 aromatic carbocycles. The average molecular weight is 311 g/mol. The van der Waals surface area contributed by atoms with Gasteiger partial charge in [-0.25, -0.2) is 0 Å². The van der Waals surface area contributed by atoms with Gasteiger partial charge in [-0.1, -0.05) is 32.1 Å². The van der Waals surface area contributed by atoms with Gasteiger partial charge in [0, 0.05) is 19.6 Å². The van der Waals surface area contributed by atoms with Crippen LogP contribution in [0.2, 0.25) is 0 Å². The maximum atomic E-state index is 12.5. The number of likely N-dealkylation sites (tertiary alicyclic amines) is 1. The van der Waals surface area contributed by atoms with Crippen molar-refractivity contribution >= 4 is 11.8 Å². The van der Waals surface area contributed by atoms with E-state index in [1.54, 1.807) is 4.90 Å². The van der Waals surface area contributed by atoms with Crippen LogP contribution in [0.4, 0.5) is 0 Å². The van der Waals surface area contributed by atoms with Crippen LogP contribution in [-0.4, -0.2) is 53.6 Å². The molecule has 1 atom stereocenters. The summed E-state index contributed by atoms with van der Waals surface area (Å²) in [7, 11) is 0. The number of carbonyl (C=O) groups is 2. The second kappa shape index (κ2) is 7.92. The predicted molar refractivity (Wildman–Crippen MR) is 84.0 cm³/mol. The number of primary amides is 1. The number of nitrogens with two attached hydrogens (primary N) is 1. The van der Waals surface area contributed by atoms with Gasteiger partial charge in [-0.05, 0) is 25.2 Å². The highest BCUT2D eigenvalue weighted by molar-refractivity contribution is 5.86. The maximum absolute atomic E-state index is 12.5. The summed E-state index contributed by atoms with van der Waals surface area (Å²) in [6.45, 7) is 1.54. The molecule has 1 unspecified atom stereocenters. The summed E-state index contributed by atoms with van der Waals surface area (Å²) in [5.41, 5.74) is 3.68. The first-order valence-electron chi connectivity index (χ1n) is 8.52. The van der Waals surface area contributed by atoms with E-state index in [0.717, 1.165) is 31.8 Å². The third kappa shape index (κ3) is 4.68. The van der Waals surface area contributed by atoms with Crippen molar-refractivity contribution < 1.29 is 14.7 Å². The molecule has 4 N–H and O–H groups in total. The first-order chi connectivity index (χ1) is 10.5. The second-order valence-corrected chi connectivity index (χ2v) is 6.79. The molecule has 6 nitrogen and oxygen atoms in total. The minimum absolute atomic E-state index is 0.0162. The van der Waals surface area contributed by atoms with Gasteiger partial charge in [-0.3, -0.25) is 9.59 Å². The van der Waals surface area contributed by atoms with E-state index in [1.165, 1.54) is 32.1 Å². The number of nitrogens with zero attached hydrogens (tertiary/aromatic N) is 1. The number of amides is 2. The number of carbonyl (C=O) groups excluding carboxylic acids is 2. The summed E-state index contributed by atoms with van der Waals surface area (Å²) in [6.07, 6.45) is 8.77. The highest BCUT2D eigenvalue weighted by Gasteiger charge is 2.41. The molecule has 2 amide bonds. The van der Waals surface area contributed by atoms with Crippen molar-refractivity contribution in [2.45, 2.75) is 57.0 Å². The van der Waals surface area contributed by atoms with Gasteiger partial charge in [0.05, 0.1) is 6.54 Å². The van der Waals surface area contributed by atoms with Crippen molar-refractivity contribution in [2.24, 2.45) is 11.7 Å². The molecule has 0 radical (unpaired) electrons. The van der Waals surface area contributed by atoms with Crippen molar-refractivity contribution in [1.82, 2.24) is 10.2 Å². The van der Waals surface area contributed by atoms with Crippen molar-refractivity contribution in [1.29, 1.82) is 0 Å². The topological polar surface area (TPSA) is 95.7 Å². The molecule has 22 heavy (non-hydrogen) atoms. The Bertz CT molecular complexity index is 396. The number of rotatable bonds is 7. The lowest BCUT2D eigenvalue weighted by atomic mass is 9.86. The van der Waals surface area contributed by atoms with Crippen LogP contribution in [-0.2, 0) is 9.59 Å². The zero-order chi connectivity index (χ0) is 16.0. The minimum atomic E-state index is -1.39. The molecule has 0 aromatic heterocycles. The van der Waals surface area contributed by atoms with E-state index in [9.17, 15) is 14.7 Å². The van der Waals surface area contributed by atoms with Crippen LogP contribution in [0.1, 0.15) is 51.4 Å². The smallest absolute Gasteiger partial charge is 0.255 e. The predicted octanol–water partition coefficient (Wildman–Crippen LogP) is 0.385. The summed E-state index contributed by atoms with van der Waals surface area (Å²) in [5.74, 6) is 0.0390. The third-order valence-corrected chi connectivity index (χ3v) is 4.95. The summed E-state index contributed by atoms with van der Waals surface area (Å²) in [5, 5.41) is 13.3. The standard InChI is InChI=1S/C16H29N3O3/c17-14(20)11-18-12-16(22)8-4-9-19(15(16)21)10-7-13-5-2-1-3-6-13/h13,18,22H,1-12H2,(H2,17,20). The monoisotopic (exact) mass is 311 g/mol. The number of hydrogen-bond donors (Lipinski definition) is 3. The first kappa shape index (κ1) is 17.2. The molecule has 0 aromatic rings. The fourth-order valence-electron chi connectivity index (χ4n) is 3.65. The van der Waals surface area contributed by atoms with Crippen LogP contribution >= 0.6 is 0 Å². The van der Waals surface area contributed by atoms with Crippen molar-refractivity contribution in [3.05, 3.63) is 0 Å².